The molecule has 1 amide bonds. The molecule has 1 aromatic carbocycles. The normalized spacial score (nSPS) is 18.0. The van der Waals surface area contributed by atoms with Crippen molar-refractivity contribution in [3.05, 3.63) is 23.8 Å². The van der Waals surface area contributed by atoms with Crippen LogP contribution in [0.1, 0.15) is 38.8 Å². The van der Waals surface area contributed by atoms with E-state index in [-0.39, 0.29) is 23.5 Å². The van der Waals surface area contributed by atoms with Gasteiger partial charge < -0.3 is 10.1 Å². The summed E-state index contributed by atoms with van der Waals surface area (Å²) in [5.41, 5.74) is 0.149. The smallest absolute Gasteiger partial charge is 0.261 e. The third-order valence-corrected chi connectivity index (χ3v) is 5.20. The van der Waals surface area contributed by atoms with Gasteiger partial charge in [-0.2, -0.15) is 0 Å². The highest BCUT2D eigenvalue weighted by molar-refractivity contribution is 8.13. The number of ether oxygens (including phenoxy) is 1. The number of rotatable bonds is 4. The van der Waals surface area contributed by atoms with Crippen LogP contribution in [0.15, 0.2) is 23.1 Å². The van der Waals surface area contributed by atoms with E-state index in [0.717, 1.165) is 0 Å². The predicted octanol–water partition coefficient (Wildman–Crippen LogP) is 2.60. The van der Waals surface area contributed by atoms with Gasteiger partial charge in [-0.1, -0.05) is 20.8 Å². The lowest BCUT2D eigenvalue weighted by molar-refractivity contribution is -0.130. The maximum Gasteiger partial charge on any atom is 0.261 e. The minimum Gasteiger partial charge on any atom is -0.491 e. The molecule has 21 heavy (non-hydrogen) atoms. The summed E-state index contributed by atoms with van der Waals surface area (Å²) in [6.07, 6.45) is 0.704. The second-order valence-electron chi connectivity index (χ2n) is 5.71. The van der Waals surface area contributed by atoms with Gasteiger partial charge in [-0.25, -0.2) is 8.42 Å². The molecule has 0 fully saturated rings. The van der Waals surface area contributed by atoms with Crippen LogP contribution in [-0.4, -0.2) is 20.9 Å². The van der Waals surface area contributed by atoms with Crippen molar-refractivity contribution in [3.8, 4) is 5.75 Å². The van der Waals surface area contributed by atoms with E-state index in [9.17, 15) is 13.2 Å². The third kappa shape index (κ3) is 3.32. The molecule has 7 heteroatoms. The number of amides is 1. The van der Waals surface area contributed by atoms with Gasteiger partial charge in [0.2, 0.25) is 5.91 Å². The zero-order valence-corrected chi connectivity index (χ0v) is 13.7. The van der Waals surface area contributed by atoms with Crippen LogP contribution in [0.4, 0.5) is 0 Å². The number of hydrogen-bond acceptors (Lipinski definition) is 4. The van der Waals surface area contributed by atoms with Crippen LogP contribution >= 0.6 is 10.7 Å². The first-order valence-electron chi connectivity index (χ1n) is 6.67. The quantitative estimate of drug-likeness (QED) is 0.861. The topological polar surface area (TPSA) is 72.5 Å². The van der Waals surface area contributed by atoms with Crippen molar-refractivity contribution in [2.45, 2.75) is 38.1 Å². The molecule has 5 nitrogen and oxygen atoms in total. The lowest BCUT2D eigenvalue weighted by Gasteiger charge is -2.24. The lowest BCUT2D eigenvalue weighted by atomic mass is 9.89. The molecule has 116 valence electrons. The minimum absolute atomic E-state index is 0.00224. The summed E-state index contributed by atoms with van der Waals surface area (Å²) >= 11 is 0. The molecular weight excluding hydrogens is 314 g/mol. The van der Waals surface area contributed by atoms with E-state index in [0.29, 0.717) is 17.7 Å². The van der Waals surface area contributed by atoms with Gasteiger partial charge in [0.1, 0.15) is 12.4 Å². The van der Waals surface area contributed by atoms with Gasteiger partial charge >= 0.3 is 0 Å². The van der Waals surface area contributed by atoms with Crippen LogP contribution in [0.25, 0.3) is 0 Å². The molecule has 0 spiro atoms. The molecule has 1 unspecified atom stereocenters. The Morgan fingerprint density at radius 2 is 2.14 bits per heavy atom. The maximum atomic E-state index is 12.2. The van der Waals surface area contributed by atoms with Crippen LogP contribution < -0.4 is 10.1 Å². The zero-order valence-electron chi connectivity index (χ0n) is 12.1. The third-order valence-electron chi connectivity index (χ3n) is 3.85. The molecule has 0 bridgehead atoms. The van der Waals surface area contributed by atoms with Gasteiger partial charge in [-0.05, 0) is 24.6 Å². The Balaban J connectivity index is 2.27. The Bertz CT molecular complexity index is 670. The summed E-state index contributed by atoms with van der Waals surface area (Å²) < 4.78 is 28.3. The summed E-state index contributed by atoms with van der Waals surface area (Å²) in [4.78, 5) is 12.2. The number of fused-ring (bicyclic) bond motifs is 1. The molecular formula is C14H18ClNO4S. The maximum absolute atomic E-state index is 12.2. The molecule has 1 aliphatic heterocycles. The Labute approximate surface area is 129 Å². The summed E-state index contributed by atoms with van der Waals surface area (Å²) in [6.45, 7) is 5.95. The lowest BCUT2D eigenvalue weighted by Crippen LogP contribution is -2.39. The zero-order chi connectivity index (χ0) is 15.8. The van der Waals surface area contributed by atoms with Crippen LogP contribution in [-0.2, 0) is 13.8 Å². The molecule has 0 saturated carbocycles. The molecule has 0 aliphatic carbocycles. The first-order chi connectivity index (χ1) is 9.65. The predicted molar refractivity (Wildman–Crippen MR) is 79.9 cm³/mol. The first-order valence-corrected chi connectivity index (χ1v) is 8.98. The second kappa shape index (κ2) is 5.50. The van der Waals surface area contributed by atoms with Crippen molar-refractivity contribution in [1.82, 2.24) is 5.32 Å². The minimum atomic E-state index is -3.81. The monoisotopic (exact) mass is 331 g/mol. The van der Waals surface area contributed by atoms with Gasteiger partial charge in [0, 0.05) is 21.7 Å². The summed E-state index contributed by atoms with van der Waals surface area (Å²) in [6, 6.07) is 4.04. The fraction of sp³-hybridized carbons (Fsp3) is 0.500. The van der Waals surface area contributed by atoms with Crippen molar-refractivity contribution in [2.75, 3.05) is 6.61 Å². The fourth-order valence-electron chi connectivity index (χ4n) is 1.98. The number of carbonyl (C=O) groups excluding carboxylic acids is 1. The second-order valence-corrected chi connectivity index (χ2v) is 8.28. The van der Waals surface area contributed by atoms with Crippen molar-refractivity contribution >= 4 is 25.6 Å². The van der Waals surface area contributed by atoms with E-state index in [4.69, 9.17) is 15.4 Å². The Hall–Kier alpha value is -1.27. The van der Waals surface area contributed by atoms with Gasteiger partial charge in [0.15, 0.2) is 0 Å². The number of nitrogens with one attached hydrogen (secondary N) is 1. The van der Waals surface area contributed by atoms with Crippen LogP contribution in [0.5, 0.6) is 5.75 Å². The summed E-state index contributed by atoms with van der Waals surface area (Å²) in [5.74, 6) is 0.476. The Morgan fingerprint density at radius 3 is 2.71 bits per heavy atom. The average molecular weight is 332 g/mol. The molecule has 1 heterocycles. The van der Waals surface area contributed by atoms with Gasteiger partial charge in [-0.3, -0.25) is 4.79 Å². The highest BCUT2D eigenvalue weighted by atomic mass is 35.7. The molecule has 0 aromatic heterocycles. The summed E-state index contributed by atoms with van der Waals surface area (Å²) in [7, 11) is 1.55. The molecule has 0 radical (unpaired) electrons. The van der Waals surface area contributed by atoms with Crippen molar-refractivity contribution in [3.63, 3.8) is 0 Å². The molecule has 1 aromatic rings. The standard InChI is InChI=1S/C14H18ClNO4S/c1-4-14(2,3)13(17)16-11-8-20-12-6-5-9(7-10(11)12)21(15,18)19/h5-7,11H,4,8H2,1-3H3,(H,16,17). The van der Waals surface area contributed by atoms with Gasteiger partial charge in [0.25, 0.3) is 9.05 Å². The van der Waals surface area contributed by atoms with E-state index in [1.807, 2.05) is 20.8 Å². The van der Waals surface area contributed by atoms with E-state index in [1.54, 1.807) is 6.07 Å². The van der Waals surface area contributed by atoms with Crippen molar-refractivity contribution in [2.24, 2.45) is 5.41 Å². The Morgan fingerprint density at radius 1 is 1.48 bits per heavy atom. The largest absolute Gasteiger partial charge is 0.491 e. The van der Waals surface area contributed by atoms with Crippen LogP contribution in [0, 0.1) is 5.41 Å². The molecule has 1 atom stereocenters. The van der Waals surface area contributed by atoms with Crippen LogP contribution in [0.2, 0.25) is 0 Å². The van der Waals surface area contributed by atoms with Crippen LogP contribution in [0.3, 0.4) is 0 Å². The fourth-order valence-corrected chi connectivity index (χ4v) is 2.76. The Kier molecular flexibility index (Phi) is 4.22. The van der Waals surface area contributed by atoms with Gasteiger partial charge in [0.05, 0.1) is 10.9 Å². The average Bonchev–Trinajstić information content (AvgIpc) is 2.80. The SMILES string of the molecule is CCC(C)(C)C(=O)NC1COc2ccc(S(=O)(=O)Cl)cc21. The van der Waals surface area contributed by atoms with Gasteiger partial charge in [-0.15, -0.1) is 0 Å². The summed E-state index contributed by atoms with van der Waals surface area (Å²) in [5, 5.41) is 2.90. The van der Waals surface area contributed by atoms with E-state index in [1.165, 1.54) is 12.1 Å². The van der Waals surface area contributed by atoms with Crippen molar-refractivity contribution < 1.29 is 17.9 Å². The van der Waals surface area contributed by atoms with E-state index in [2.05, 4.69) is 5.32 Å². The first kappa shape index (κ1) is 16.1. The molecule has 0 saturated heterocycles. The highest BCUT2D eigenvalue weighted by Crippen LogP contribution is 2.35. The number of carbonyl (C=O) groups is 1. The van der Waals surface area contributed by atoms with E-state index < -0.39 is 14.5 Å². The molecule has 1 aliphatic rings. The van der Waals surface area contributed by atoms with E-state index >= 15 is 0 Å². The number of benzene rings is 1. The molecule has 2 rings (SSSR count). The highest BCUT2D eigenvalue weighted by Gasteiger charge is 2.32. The van der Waals surface area contributed by atoms with Crippen molar-refractivity contribution in [1.29, 1.82) is 0 Å². The number of hydrogen-bond donors (Lipinski definition) is 1. The molecule has 1 N–H and O–H groups in total. The number of halogens is 1.